The van der Waals surface area contributed by atoms with Crippen LogP contribution in [0.3, 0.4) is 0 Å². The molecule has 4 rings (SSSR count). The average molecular weight is 603 g/mol. The Morgan fingerprint density at radius 1 is 1.11 bits per heavy atom. The van der Waals surface area contributed by atoms with Crippen LogP contribution in [0.15, 0.2) is 53.5 Å². The fourth-order valence-electron chi connectivity index (χ4n) is 3.80. The number of nitrogens with one attached hydrogen (secondary N) is 1. The maximum atomic E-state index is 13.2. The highest BCUT2D eigenvalue weighted by Gasteiger charge is 2.18. The summed E-state index contributed by atoms with van der Waals surface area (Å²) in [5.41, 5.74) is 3.76. The van der Waals surface area contributed by atoms with Gasteiger partial charge < -0.3 is 10.2 Å². The minimum absolute atomic E-state index is 0.00960. The highest BCUT2D eigenvalue weighted by molar-refractivity contribution is 14.1. The lowest BCUT2D eigenvalue weighted by Crippen LogP contribution is -2.30. The lowest BCUT2D eigenvalue weighted by molar-refractivity contribution is 0.0773. The highest BCUT2D eigenvalue weighted by Crippen LogP contribution is 2.30. The van der Waals surface area contributed by atoms with Gasteiger partial charge in [-0.15, -0.1) is 0 Å². The van der Waals surface area contributed by atoms with Crippen LogP contribution in [0.5, 0.6) is 0 Å². The second-order valence-corrected chi connectivity index (χ2v) is 8.98. The van der Waals surface area contributed by atoms with Crippen molar-refractivity contribution in [3.8, 4) is 11.3 Å². The van der Waals surface area contributed by atoms with Crippen molar-refractivity contribution in [2.45, 2.75) is 18.3 Å². The molecule has 4 aromatic rings. The van der Waals surface area contributed by atoms with Crippen molar-refractivity contribution in [3.05, 3.63) is 75.2 Å². The number of rotatable bonds is 7. The van der Waals surface area contributed by atoms with E-state index >= 15 is 0 Å². The highest BCUT2D eigenvalue weighted by atomic mass is 127. The minimum atomic E-state index is -0.291. The van der Waals surface area contributed by atoms with Crippen LogP contribution in [-0.2, 0) is 11.5 Å². The number of aromatic nitrogens is 4. The molecular weight excluding hydrogens is 579 g/mol. The minimum Gasteiger partial charge on any atom is -0.339 e. The number of hydrogen-bond donors (Lipinski definition) is 1. The van der Waals surface area contributed by atoms with E-state index in [0.717, 1.165) is 11.3 Å². The first kappa shape index (κ1) is 25.1. The van der Waals surface area contributed by atoms with E-state index in [9.17, 15) is 9.59 Å². The Bertz CT molecular complexity index is 1450. The number of carbonyl (C=O) groups is 1. The van der Waals surface area contributed by atoms with E-state index in [2.05, 4.69) is 42.9 Å². The molecule has 1 N–H and O–H groups in total. The van der Waals surface area contributed by atoms with Gasteiger partial charge in [-0.2, -0.15) is 4.98 Å². The maximum absolute atomic E-state index is 13.2. The zero-order valence-electron chi connectivity index (χ0n) is 19.5. The SMILES string of the molecule is CCN(CC)C(=O)c1ccc(Nc2ncc3nc(-c4c(Cl)cccc4CI)c(=O)n(C)c3n2)cc1. The van der Waals surface area contributed by atoms with E-state index < -0.39 is 0 Å². The van der Waals surface area contributed by atoms with Crippen LogP contribution in [0.1, 0.15) is 29.8 Å². The number of benzene rings is 2. The monoisotopic (exact) mass is 602 g/mol. The first-order chi connectivity index (χ1) is 16.9. The fourth-order valence-corrected chi connectivity index (χ4v) is 4.72. The number of alkyl halides is 1. The molecule has 0 aliphatic rings. The Morgan fingerprint density at radius 3 is 2.49 bits per heavy atom. The summed E-state index contributed by atoms with van der Waals surface area (Å²) in [6, 6.07) is 12.7. The summed E-state index contributed by atoms with van der Waals surface area (Å²) in [7, 11) is 1.65. The molecule has 180 valence electrons. The number of aryl methyl sites for hydroxylation is 1. The summed E-state index contributed by atoms with van der Waals surface area (Å²) in [4.78, 5) is 40.9. The van der Waals surface area contributed by atoms with Gasteiger partial charge in [-0.3, -0.25) is 14.2 Å². The van der Waals surface area contributed by atoms with Crippen LogP contribution in [-0.4, -0.2) is 43.4 Å². The van der Waals surface area contributed by atoms with Gasteiger partial charge in [0, 0.05) is 41.4 Å². The van der Waals surface area contributed by atoms with Crippen molar-refractivity contribution in [2.75, 3.05) is 18.4 Å². The van der Waals surface area contributed by atoms with Crippen LogP contribution in [0.25, 0.3) is 22.4 Å². The second-order valence-electron chi connectivity index (χ2n) is 7.81. The molecule has 10 heteroatoms. The van der Waals surface area contributed by atoms with Crippen molar-refractivity contribution >= 4 is 62.9 Å². The van der Waals surface area contributed by atoms with Crippen molar-refractivity contribution in [1.29, 1.82) is 0 Å². The lowest BCUT2D eigenvalue weighted by Gasteiger charge is -2.18. The number of carbonyl (C=O) groups excluding carboxylic acids is 1. The number of amides is 1. The molecule has 0 saturated carbocycles. The van der Waals surface area contributed by atoms with Gasteiger partial charge in [0.1, 0.15) is 11.2 Å². The zero-order chi connectivity index (χ0) is 25.1. The van der Waals surface area contributed by atoms with E-state index in [1.54, 1.807) is 48.5 Å². The molecule has 0 radical (unpaired) electrons. The fraction of sp³-hybridized carbons (Fsp3) is 0.240. The maximum Gasteiger partial charge on any atom is 0.278 e. The standard InChI is InChI=1S/C25H24ClIN6O2/c1-4-33(5-2)23(34)15-9-11-17(12-10-15)29-25-28-14-19-22(31-25)32(3)24(35)21(30-19)20-16(13-27)7-6-8-18(20)26/h6-12,14H,4-5,13H2,1-3H3,(H,28,29,31). The van der Waals surface area contributed by atoms with Gasteiger partial charge in [0.2, 0.25) is 5.95 Å². The van der Waals surface area contributed by atoms with Gasteiger partial charge in [0.15, 0.2) is 5.65 Å². The molecule has 0 unspecified atom stereocenters. The van der Waals surface area contributed by atoms with Crippen molar-refractivity contribution in [3.63, 3.8) is 0 Å². The molecule has 0 saturated heterocycles. The van der Waals surface area contributed by atoms with E-state index in [1.807, 2.05) is 26.0 Å². The Balaban J connectivity index is 1.66. The van der Waals surface area contributed by atoms with E-state index in [4.69, 9.17) is 11.6 Å². The third-order valence-corrected chi connectivity index (χ3v) is 6.86. The molecule has 0 atom stereocenters. The third-order valence-electron chi connectivity index (χ3n) is 5.73. The Morgan fingerprint density at radius 2 is 1.83 bits per heavy atom. The molecule has 2 heterocycles. The molecule has 0 fully saturated rings. The summed E-state index contributed by atoms with van der Waals surface area (Å²) in [5.74, 6) is 0.306. The van der Waals surface area contributed by atoms with E-state index in [1.165, 1.54) is 4.57 Å². The van der Waals surface area contributed by atoms with Gasteiger partial charge in [-0.05, 0) is 49.7 Å². The van der Waals surface area contributed by atoms with Gasteiger partial charge in [0.25, 0.3) is 11.5 Å². The summed E-state index contributed by atoms with van der Waals surface area (Å²) in [6.07, 6.45) is 1.58. The Labute approximate surface area is 221 Å². The largest absolute Gasteiger partial charge is 0.339 e. The molecule has 2 aromatic heterocycles. The molecule has 0 aliphatic carbocycles. The van der Waals surface area contributed by atoms with E-state index in [0.29, 0.717) is 50.8 Å². The van der Waals surface area contributed by atoms with Crippen molar-refractivity contribution in [1.82, 2.24) is 24.4 Å². The summed E-state index contributed by atoms with van der Waals surface area (Å²) < 4.78 is 2.14. The number of nitrogens with zero attached hydrogens (tertiary/aromatic N) is 5. The second kappa shape index (κ2) is 10.7. The average Bonchev–Trinajstić information content (AvgIpc) is 2.87. The summed E-state index contributed by atoms with van der Waals surface area (Å²) >= 11 is 8.68. The first-order valence-electron chi connectivity index (χ1n) is 11.1. The molecule has 0 aliphatic heterocycles. The van der Waals surface area contributed by atoms with Crippen molar-refractivity contribution in [2.24, 2.45) is 7.05 Å². The van der Waals surface area contributed by atoms with Crippen LogP contribution in [0.2, 0.25) is 5.02 Å². The van der Waals surface area contributed by atoms with Crippen LogP contribution < -0.4 is 10.9 Å². The third kappa shape index (κ3) is 5.01. The summed E-state index contributed by atoms with van der Waals surface area (Å²) in [6.45, 7) is 5.22. The molecule has 35 heavy (non-hydrogen) atoms. The number of hydrogen-bond acceptors (Lipinski definition) is 6. The lowest BCUT2D eigenvalue weighted by atomic mass is 10.1. The van der Waals surface area contributed by atoms with Gasteiger partial charge in [-0.1, -0.05) is 46.3 Å². The molecule has 0 spiro atoms. The smallest absolute Gasteiger partial charge is 0.278 e. The van der Waals surface area contributed by atoms with Crippen LogP contribution in [0, 0.1) is 0 Å². The quantitative estimate of drug-likeness (QED) is 0.231. The first-order valence-corrected chi connectivity index (χ1v) is 13.0. The van der Waals surface area contributed by atoms with Crippen molar-refractivity contribution < 1.29 is 4.79 Å². The normalized spacial score (nSPS) is 11.0. The van der Waals surface area contributed by atoms with Crippen LogP contribution >= 0.6 is 34.2 Å². The molecule has 0 bridgehead atoms. The zero-order valence-corrected chi connectivity index (χ0v) is 22.5. The predicted molar refractivity (Wildman–Crippen MR) is 148 cm³/mol. The van der Waals surface area contributed by atoms with Gasteiger partial charge >= 0.3 is 0 Å². The Kier molecular flexibility index (Phi) is 7.66. The molecule has 1 amide bonds. The summed E-state index contributed by atoms with van der Waals surface area (Å²) in [5, 5.41) is 3.60. The van der Waals surface area contributed by atoms with E-state index in [-0.39, 0.29) is 17.2 Å². The predicted octanol–water partition coefficient (Wildman–Crippen LogP) is 5.20. The molecular formula is C25H24ClIN6O2. The van der Waals surface area contributed by atoms with Gasteiger partial charge in [-0.25, -0.2) is 9.97 Å². The molecule has 2 aromatic carbocycles. The van der Waals surface area contributed by atoms with Crippen LogP contribution in [0.4, 0.5) is 11.6 Å². The number of halogens is 2. The topological polar surface area (TPSA) is 93.0 Å². The molecule has 8 nitrogen and oxygen atoms in total. The number of fused-ring (bicyclic) bond motifs is 1. The Hall–Kier alpha value is -3.05. The van der Waals surface area contributed by atoms with Gasteiger partial charge in [0.05, 0.1) is 11.2 Å². The number of anilines is 2.